The molecule has 0 aliphatic heterocycles. The Kier molecular flexibility index (Phi) is 5.96. The fourth-order valence-electron chi connectivity index (χ4n) is 2.38. The zero-order valence-corrected chi connectivity index (χ0v) is 16.0. The van der Waals surface area contributed by atoms with Crippen molar-refractivity contribution in [1.29, 1.82) is 0 Å². The van der Waals surface area contributed by atoms with E-state index in [1.165, 1.54) is 24.3 Å². The van der Waals surface area contributed by atoms with Crippen LogP contribution in [0, 0.1) is 6.92 Å². The van der Waals surface area contributed by atoms with Crippen LogP contribution < -0.4 is 9.50 Å². The van der Waals surface area contributed by atoms with Crippen LogP contribution in [0.4, 0.5) is 10.5 Å². The Labute approximate surface area is 163 Å². The van der Waals surface area contributed by atoms with Crippen LogP contribution in [0.15, 0.2) is 83.8 Å². The van der Waals surface area contributed by atoms with Crippen molar-refractivity contribution in [1.82, 2.24) is 0 Å². The van der Waals surface area contributed by atoms with Gasteiger partial charge in [-0.2, -0.15) is 8.42 Å². The van der Waals surface area contributed by atoms with Crippen molar-refractivity contribution in [3.8, 4) is 5.75 Å². The normalized spacial score (nSPS) is 10.9. The van der Waals surface area contributed by atoms with Gasteiger partial charge in [0.2, 0.25) is 0 Å². The van der Waals surface area contributed by atoms with E-state index in [1.54, 1.807) is 24.3 Å². The van der Waals surface area contributed by atoms with Gasteiger partial charge in [0.15, 0.2) is 5.75 Å². The Bertz CT molecular complexity index is 1050. The molecule has 0 saturated carbocycles. The molecule has 6 nitrogen and oxygen atoms in total. The molecule has 1 N–H and O–H groups in total. The summed E-state index contributed by atoms with van der Waals surface area (Å²) in [5, 5.41) is 2.51. The molecule has 0 aromatic heterocycles. The predicted octanol–water partition coefficient (Wildman–Crippen LogP) is 4.51. The third-order valence-electron chi connectivity index (χ3n) is 3.85. The van der Waals surface area contributed by atoms with E-state index in [1.807, 2.05) is 37.3 Å². The van der Waals surface area contributed by atoms with Crippen LogP contribution in [0.3, 0.4) is 0 Å². The molecule has 0 radical (unpaired) electrons. The Morgan fingerprint density at radius 2 is 1.54 bits per heavy atom. The molecule has 1 amide bonds. The first-order valence-corrected chi connectivity index (χ1v) is 9.93. The maximum absolute atomic E-state index is 12.5. The summed E-state index contributed by atoms with van der Waals surface area (Å²) in [6.45, 7) is 1.95. The molecule has 0 aliphatic carbocycles. The number of benzene rings is 3. The van der Waals surface area contributed by atoms with Crippen molar-refractivity contribution in [2.24, 2.45) is 0 Å². The summed E-state index contributed by atoms with van der Waals surface area (Å²) in [6, 6.07) is 21.8. The van der Waals surface area contributed by atoms with Crippen molar-refractivity contribution < 1.29 is 22.1 Å². The summed E-state index contributed by atoms with van der Waals surface area (Å²) in [4.78, 5) is 12.1. The maximum atomic E-state index is 12.5. The van der Waals surface area contributed by atoms with E-state index in [0.29, 0.717) is 0 Å². The van der Waals surface area contributed by atoms with Crippen molar-refractivity contribution in [2.75, 3.05) is 5.32 Å². The lowest BCUT2D eigenvalue weighted by atomic mass is 10.2. The molecule has 144 valence electrons. The van der Waals surface area contributed by atoms with E-state index < -0.39 is 16.2 Å². The van der Waals surface area contributed by atoms with E-state index in [-0.39, 0.29) is 22.9 Å². The molecule has 0 atom stereocenters. The van der Waals surface area contributed by atoms with Crippen LogP contribution in [0.5, 0.6) is 5.75 Å². The highest BCUT2D eigenvalue weighted by Crippen LogP contribution is 2.27. The number of carbonyl (C=O) groups is 1. The number of carbonyl (C=O) groups excluding carboxylic acids is 1. The Balaban J connectivity index is 1.70. The van der Waals surface area contributed by atoms with E-state index in [0.717, 1.165) is 11.1 Å². The van der Waals surface area contributed by atoms with Crippen molar-refractivity contribution in [2.45, 2.75) is 18.4 Å². The van der Waals surface area contributed by atoms with Crippen LogP contribution in [0.2, 0.25) is 0 Å². The van der Waals surface area contributed by atoms with E-state index in [2.05, 4.69) is 5.32 Å². The first kappa shape index (κ1) is 19.4. The third-order valence-corrected chi connectivity index (χ3v) is 5.09. The largest absolute Gasteiger partial charge is 0.444 e. The quantitative estimate of drug-likeness (QED) is 0.619. The molecule has 0 spiro atoms. The standard InChI is InChI=1S/C21H19NO5S/c1-16-11-13-18(14-12-16)28(24,25)27-20-10-6-5-9-19(20)22-21(23)26-15-17-7-3-2-4-8-17/h2-14H,15H2,1H3,(H,22,23). The Hall–Kier alpha value is -3.32. The van der Waals surface area contributed by atoms with Crippen LogP contribution in [0.25, 0.3) is 0 Å². The minimum absolute atomic E-state index is 0.000244. The van der Waals surface area contributed by atoms with Crippen molar-refractivity contribution in [3.05, 3.63) is 90.0 Å². The van der Waals surface area contributed by atoms with Gasteiger partial charge in [0.25, 0.3) is 0 Å². The second kappa shape index (κ2) is 8.58. The predicted molar refractivity (Wildman–Crippen MR) is 106 cm³/mol. The van der Waals surface area contributed by atoms with Crippen molar-refractivity contribution in [3.63, 3.8) is 0 Å². The SMILES string of the molecule is Cc1ccc(S(=O)(=O)Oc2ccccc2NC(=O)OCc2ccccc2)cc1. The maximum Gasteiger partial charge on any atom is 0.412 e. The molecule has 0 saturated heterocycles. The summed E-state index contributed by atoms with van der Waals surface area (Å²) in [5.41, 5.74) is 1.96. The molecule has 3 rings (SSSR count). The summed E-state index contributed by atoms with van der Waals surface area (Å²) in [6.07, 6.45) is -0.715. The van der Waals surface area contributed by atoms with Gasteiger partial charge in [-0.15, -0.1) is 0 Å². The average Bonchev–Trinajstić information content (AvgIpc) is 2.69. The lowest BCUT2D eigenvalue weighted by Crippen LogP contribution is -2.16. The number of rotatable bonds is 6. The van der Waals surface area contributed by atoms with Gasteiger partial charge in [-0.3, -0.25) is 5.32 Å². The summed E-state index contributed by atoms with van der Waals surface area (Å²) >= 11 is 0. The van der Waals surface area contributed by atoms with Gasteiger partial charge in [-0.25, -0.2) is 4.79 Å². The first-order valence-electron chi connectivity index (χ1n) is 8.52. The van der Waals surface area contributed by atoms with Crippen LogP contribution in [-0.4, -0.2) is 14.5 Å². The van der Waals surface area contributed by atoms with Gasteiger partial charge in [0, 0.05) is 0 Å². The van der Waals surface area contributed by atoms with Crippen LogP contribution in [0.1, 0.15) is 11.1 Å². The number of hydrogen-bond acceptors (Lipinski definition) is 5. The molecule has 0 heterocycles. The number of nitrogens with one attached hydrogen (secondary N) is 1. The monoisotopic (exact) mass is 397 g/mol. The molecule has 28 heavy (non-hydrogen) atoms. The molecular weight excluding hydrogens is 378 g/mol. The highest BCUT2D eigenvalue weighted by Gasteiger charge is 2.19. The zero-order valence-electron chi connectivity index (χ0n) is 15.2. The molecular formula is C21H19NO5S. The van der Waals surface area contributed by atoms with Gasteiger partial charge in [-0.1, -0.05) is 60.2 Å². The summed E-state index contributed by atoms with van der Waals surface area (Å²) < 4.78 is 35.4. The fraction of sp³-hybridized carbons (Fsp3) is 0.0952. The smallest absolute Gasteiger partial charge is 0.412 e. The Morgan fingerprint density at radius 3 is 2.25 bits per heavy atom. The number of para-hydroxylation sites is 2. The highest BCUT2D eigenvalue weighted by molar-refractivity contribution is 7.87. The summed E-state index contributed by atoms with van der Waals surface area (Å²) in [7, 11) is -4.04. The fourth-order valence-corrected chi connectivity index (χ4v) is 3.33. The van der Waals surface area contributed by atoms with Gasteiger partial charge < -0.3 is 8.92 Å². The number of ether oxygens (including phenoxy) is 1. The molecule has 7 heteroatoms. The van der Waals surface area contributed by atoms with Gasteiger partial charge in [0.1, 0.15) is 11.5 Å². The van der Waals surface area contributed by atoms with Gasteiger partial charge in [0.05, 0.1) is 5.69 Å². The second-order valence-corrected chi connectivity index (χ2v) is 7.58. The van der Waals surface area contributed by atoms with E-state index in [4.69, 9.17) is 8.92 Å². The van der Waals surface area contributed by atoms with E-state index >= 15 is 0 Å². The van der Waals surface area contributed by atoms with Gasteiger partial charge in [-0.05, 0) is 36.8 Å². The lowest BCUT2D eigenvalue weighted by molar-refractivity contribution is 0.155. The van der Waals surface area contributed by atoms with Crippen LogP contribution >= 0.6 is 0 Å². The molecule has 0 aliphatic rings. The highest BCUT2D eigenvalue weighted by atomic mass is 32.2. The first-order chi connectivity index (χ1) is 13.4. The minimum atomic E-state index is -4.04. The third kappa shape index (κ3) is 5.11. The minimum Gasteiger partial charge on any atom is -0.444 e. The number of amides is 1. The topological polar surface area (TPSA) is 81.7 Å². The molecule has 0 bridgehead atoms. The molecule has 3 aromatic rings. The Morgan fingerprint density at radius 1 is 0.893 bits per heavy atom. The van der Waals surface area contributed by atoms with Crippen LogP contribution in [-0.2, 0) is 21.5 Å². The number of aryl methyl sites for hydroxylation is 1. The summed E-state index contributed by atoms with van der Waals surface area (Å²) in [5.74, 6) is -0.000244. The van der Waals surface area contributed by atoms with E-state index in [9.17, 15) is 13.2 Å². The lowest BCUT2D eigenvalue weighted by Gasteiger charge is -2.13. The average molecular weight is 397 g/mol. The zero-order chi connectivity index (χ0) is 20.0. The number of hydrogen-bond donors (Lipinski definition) is 1. The molecule has 3 aromatic carbocycles. The van der Waals surface area contributed by atoms with Gasteiger partial charge >= 0.3 is 16.2 Å². The van der Waals surface area contributed by atoms with Crippen molar-refractivity contribution >= 4 is 21.9 Å². The molecule has 0 fully saturated rings. The molecule has 0 unspecified atom stereocenters. The number of anilines is 1. The second-order valence-electron chi connectivity index (χ2n) is 6.03.